The van der Waals surface area contributed by atoms with Crippen LogP contribution in [0.1, 0.15) is 75.9 Å². The van der Waals surface area contributed by atoms with Crippen LogP contribution in [0.3, 0.4) is 0 Å². The van der Waals surface area contributed by atoms with Crippen molar-refractivity contribution >= 4 is 17.8 Å². The number of ether oxygens (including phenoxy) is 4. The lowest BCUT2D eigenvalue weighted by molar-refractivity contribution is -0.148. The van der Waals surface area contributed by atoms with Crippen LogP contribution in [0.25, 0.3) is 6.08 Å². The summed E-state index contributed by atoms with van der Waals surface area (Å²) < 4.78 is 24.0. The summed E-state index contributed by atoms with van der Waals surface area (Å²) in [4.78, 5) is 24.9. The van der Waals surface area contributed by atoms with Crippen LogP contribution in [0.15, 0.2) is 30.4 Å². The predicted octanol–water partition coefficient (Wildman–Crippen LogP) is 5.66. The van der Waals surface area contributed by atoms with Crippen molar-refractivity contribution in [1.29, 1.82) is 0 Å². The van der Waals surface area contributed by atoms with Crippen LogP contribution in [0.2, 0.25) is 0 Å². The Morgan fingerprint density at radius 2 is 1.82 bits per heavy atom. The molecule has 0 radical (unpaired) electrons. The normalized spacial score (nSPS) is 30.9. The van der Waals surface area contributed by atoms with Gasteiger partial charge in [-0.15, -0.1) is 0 Å². The molecule has 6 nitrogen and oxygen atoms in total. The number of hydrogen-bond acceptors (Lipinski definition) is 6. The Kier molecular flexibility index (Phi) is 8.37. The molecule has 0 saturated carbocycles. The lowest BCUT2D eigenvalue weighted by Gasteiger charge is -2.23. The van der Waals surface area contributed by atoms with E-state index in [1.807, 2.05) is 46.8 Å². The summed E-state index contributed by atoms with van der Waals surface area (Å²) in [7, 11) is 0. The average molecular weight is 471 g/mol. The molecule has 0 amide bonds. The third-order valence-electron chi connectivity index (χ3n) is 6.49. The second-order valence-electron chi connectivity index (χ2n) is 9.88. The van der Waals surface area contributed by atoms with Crippen molar-refractivity contribution in [1.82, 2.24) is 0 Å². The molecule has 2 unspecified atom stereocenters. The molecule has 1 saturated heterocycles. The van der Waals surface area contributed by atoms with Crippen molar-refractivity contribution in [3.05, 3.63) is 47.1 Å². The molecule has 2 aliphatic rings. The summed E-state index contributed by atoms with van der Waals surface area (Å²) in [5.74, 6) is -0.285. The average Bonchev–Trinajstić information content (AvgIpc) is 3.08. The third-order valence-corrected chi connectivity index (χ3v) is 6.49. The second kappa shape index (κ2) is 10.9. The van der Waals surface area contributed by atoms with Crippen LogP contribution in [-0.2, 0) is 19.0 Å². The molecule has 6 heteroatoms. The lowest BCUT2D eigenvalue weighted by Crippen LogP contribution is -2.29. The van der Waals surface area contributed by atoms with E-state index in [-0.39, 0.29) is 48.5 Å². The monoisotopic (exact) mass is 470 g/mol. The zero-order valence-electron chi connectivity index (χ0n) is 21.4. The van der Waals surface area contributed by atoms with Gasteiger partial charge in [-0.05, 0) is 57.4 Å². The summed E-state index contributed by atoms with van der Waals surface area (Å²) in [5.41, 5.74) is 1.93. The number of rotatable bonds is 4. The van der Waals surface area contributed by atoms with E-state index in [0.717, 1.165) is 5.56 Å². The van der Waals surface area contributed by atoms with E-state index < -0.39 is 5.79 Å². The van der Waals surface area contributed by atoms with Crippen molar-refractivity contribution in [2.75, 3.05) is 6.61 Å². The minimum absolute atomic E-state index is 0.00563. The number of cyclic esters (lactones) is 1. The van der Waals surface area contributed by atoms with Crippen LogP contribution in [-0.4, -0.2) is 42.5 Å². The van der Waals surface area contributed by atoms with Gasteiger partial charge < -0.3 is 18.9 Å². The molecule has 1 aromatic carbocycles. The highest BCUT2D eigenvalue weighted by Crippen LogP contribution is 2.35. The number of ketones is 1. The summed E-state index contributed by atoms with van der Waals surface area (Å²) in [6.07, 6.45) is 8.68. The molecule has 1 aromatic rings. The summed E-state index contributed by atoms with van der Waals surface area (Å²) in [5, 5.41) is 0. The Morgan fingerprint density at radius 3 is 2.53 bits per heavy atom. The fraction of sp³-hybridized carbons (Fsp3) is 0.571. The minimum Gasteiger partial charge on any atom is -0.486 e. The number of fused-ring (bicyclic) bond motifs is 2. The molecule has 5 atom stereocenters. The second-order valence-corrected chi connectivity index (χ2v) is 9.88. The largest absolute Gasteiger partial charge is 0.486 e. The van der Waals surface area contributed by atoms with Crippen LogP contribution in [0.4, 0.5) is 0 Å². The number of Topliss-reactive ketones (excluding diaryl/α,β-unsaturated/α-hetero) is 1. The van der Waals surface area contributed by atoms with Gasteiger partial charge in [0.1, 0.15) is 18.5 Å². The number of aryl methyl sites for hydroxylation is 1. The van der Waals surface area contributed by atoms with Crippen LogP contribution in [0.5, 0.6) is 5.75 Å². The molecule has 2 heterocycles. The van der Waals surface area contributed by atoms with Crippen molar-refractivity contribution < 1.29 is 28.5 Å². The van der Waals surface area contributed by atoms with E-state index in [9.17, 15) is 9.59 Å². The Bertz CT molecular complexity index is 960. The van der Waals surface area contributed by atoms with Crippen LogP contribution < -0.4 is 4.74 Å². The van der Waals surface area contributed by atoms with Gasteiger partial charge in [0.25, 0.3) is 0 Å². The molecule has 2 aliphatic heterocycles. The first-order valence-electron chi connectivity index (χ1n) is 12.2. The van der Waals surface area contributed by atoms with E-state index in [1.54, 1.807) is 19.1 Å². The molecule has 186 valence electrons. The van der Waals surface area contributed by atoms with Gasteiger partial charge >= 0.3 is 5.97 Å². The van der Waals surface area contributed by atoms with E-state index >= 15 is 0 Å². The topological polar surface area (TPSA) is 71.1 Å². The molecule has 0 bridgehead atoms. The van der Waals surface area contributed by atoms with Crippen molar-refractivity contribution in [3.8, 4) is 5.75 Å². The van der Waals surface area contributed by atoms with Crippen molar-refractivity contribution in [2.45, 2.75) is 85.4 Å². The highest BCUT2D eigenvalue weighted by molar-refractivity contribution is 5.95. The summed E-state index contributed by atoms with van der Waals surface area (Å²) in [6, 6.07) is 3.57. The third kappa shape index (κ3) is 6.36. The number of hydrogen-bond donors (Lipinski definition) is 0. The number of esters is 1. The zero-order valence-corrected chi connectivity index (χ0v) is 21.4. The van der Waals surface area contributed by atoms with Gasteiger partial charge in [0.15, 0.2) is 11.6 Å². The quantitative estimate of drug-likeness (QED) is 0.417. The molecular weight excluding hydrogens is 432 g/mol. The molecule has 0 N–H and O–H groups in total. The van der Waals surface area contributed by atoms with E-state index in [4.69, 9.17) is 18.9 Å². The maximum atomic E-state index is 13.2. The fourth-order valence-corrected chi connectivity index (χ4v) is 4.31. The number of carbonyl (C=O) groups is 2. The van der Waals surface area contributed by atoms with Gasteiger partial charge in [-0.2, -0.15) is 0 Å². The molecule has 0 aromatic heterocycles. The molecular formula is C28H38O6. The standard InChI is InChI=1S/C28H38O6/c1-8-22(29)16-31-23-14-19(4)25-21(15-23)10-9-11-24-26(34-28(6,7)33-24)18(3)13-12-17(2)20(5)32-27(25)30/h9-10,12-15,17-18,20,24,26H,8,11,16H2,1-7H3/b10-9+,13-12-/t17-,18?,20+,24+,26?/m1/s1. The highest BCUT2D eigenvalue weighted by Gasteiger charge is 2.42. The van der Waals surface area contributed by atoms with Crippen LogP contribution in [0, 0.1) is 18.8 Å². The maximum absolute atomic E-state index is 13.2. The van der Waals surface area contributed by atoms with E-state index in [0.29, 0.717) is 29.7 Å². The Hall–Kier alpha value is -2.44. The van der Waals surface area contributed by atoms with Gasteiger partial charge in [-0.25, -0.2) is 4.79 Å². The maximum Gasteiger partial charge on any atom is 0.339 e. The van der Waals surface area contributed by atoms with Gasteiger partial charge in [0.2, 0.25) is 0 Å². The summed E-state index contributed by atoms with van der Waals surface area (Å²) >= 11 is 0. The molecule has 0 spiro atoms. The van der Waals surface area contributed by atoms with Crippen molar-refractivity contribution in [2.24, 2.45) is 11.8 Å². The first kappa shape index (κ1) is 26.2. The number of benzene rings is 1. The van der Waals surface area contributed by atoms with Crippen LogP contribution >= 0.6 is 0 Å². The highest BCUT2D eigenvalue weighted by atomic mass is 16.8. The van der Waals surface area contributed by atoms with Crippen molar-refractivity contribution in [3.63, 3.8) is 0 Å². The Balaban J connectivity index is 1.99. The van der Waals surface area contributed by atoms with Gasteiger partial charge in [-0.3, -0.25) is 4.79 Å². The Morgan fingerprint density at radius 1 is 1.12 bits per heavy atom. The predicted molar refractivity (Wildman–Crippen MR) is 132 cm³/mol. The SMILES string of the molecule is CCC(=O)COc1cc(C)c2c(c1)/C=C/C[C@@H]1OC(C)(C)OC1C(C)/C=C\[C@@H](C)[C@H](C)OC2=O. The summed E-state index contributed by atoms with van der Waals surface area (Å²) in [6.45, 7) is 13.6. The molecule has 0 aliphatic carbocycles. The number of carbonyl (C=O) groups excluding carboxylic acids is 2. The molecule has 1 fully saturated rings. The van der Waals surface area contributed by atoms with Gasteiger partial charge in [-0.1, -0.05) is 45.1 Å². The van der Waals surface area contributed by atoms with E-state index in [2.05, 4.69) is 19.1 Å². The zero-order chi connectivity index (χ0) is 25.0. The molecule has 3 rings (SSSR count). The molecule has 34 heavy (non-hydrogen) atoms. The fourth-order valence-electron chi connectivity index (χ4n) is 4.31. The Labute approximate surface area is 203 Å². The smallest absolute Gasteiger partial charge is 0.339 e. The van der Waals surface area contributed by atoms with E-state index in [1.165, 1.54) is 0 Å². The lowest BCUT2D eigenvalue weighted by atomic mass is 9.94. The van der Waals surface area contributed by atoms with Gasteiger partial charge in [0.05, 0.1) is 17.8 Å². The van der Waals surface area contributed by atoms with Gasteiger partial charge in [0, 0.05) is 18.3 Å². The minimum atomic E-state index is -0.654. The first-order valence-corrected chi connectivity index (χ1v) is 12.2. The first-order chi connectivity index (χ1) is 16.0.